The molecule has 0 aromatic heterocycles. The van der Waals surface area contributed by atoms with Crippen LogP contribution in [0.3, 0.4) is 0 Å². The van der Waals surface area contributed by atoms with E-state index < -0.39 is 73.1 Å². The third-order valence-electron chi connectivity index (χ3n) is 16.3. The molecule has 8 rings (SSSR count). The maximum absolute atomic E-state index is 12.7. The van der Waals surface area contributed by atoms with Gasteiger partial charge in [-0.05, 0) is 92.8 Å². The highest BCUT2D eigenvalue weighted by Gasteiger charge is 2.76. The number of hydrogen-bond acceptors (Lipinski definition) is 12. The molecule has 8 aliphatic rings. The molecule has 3 heterocycles. The van der Waals surface area contributed by atoms with Gasteiger partial charge in [0.25, 0.3) is 0 Å². The predicted octanol–water partition coefficient (Wildman–Crippen LogP) is 2.17. The third-order valence-corrected chi connectivity index (χ3v) is 16.3. The van der Waals surface area contributed by atoms with Gasteiger partial charge in [0.05, 0.1) is 37.6 Å². The standard InChI is InChI=1S/C40H64O12/c1-19-8-13-39(48-18-19)21(3)40(47)29(52-39)16-26-24-7-6-22-15-23(9-11-37(22,4)25(24)10-12-38(26,40)5)49-36-35(34(46)32(44)28(17-41)51-36)50-27-14-20(2)30(42)33(45)31(27)43/h6,19-21,23-36,41-47H,7-18H2,1-5H3/t19-,20-,21-,23-,24-,25+,26+,27-,28-,29+,30+,31+,32-,33-,34+,35-,36-,37+,38+,39-,40-/m1/s1. The SMILES string of the molecule is C[C@@H]1CC[C@@]2(OC1)O[C@H]1C[C@H]3[C@@H]4CC=C5C[C@H](O[C@@H]6O[C@H](CO)[C@@H](O)[C@H](O)[C@H]6O[C@@H]6C[C@@H](C)[C@H](O)[C@@H](O)[C@H]6O)CC[C@]5(C)[C@H]4CC[C@]3(C)[C@@]1(O)[C@@H]2C. The smallest absolute Gasteiger partial charge is 0.187 e. The number of aliphatic hydroxyl groups excluding tert-OH is 6. The molecule has 12 nitrogen and oxygen atoms in total. The van der Waals surface area contributed by atoms with Crippen LogP contribution >= 0.6 is 0 Å². The summed E-state index contributed by atoms with van der Waals surface area (Å²) in [6.07, 6.45) is -1.06. The van der Waals surface area contributed by atoms with E-state index in [1.807, 2.05) is 0 Å². The first-order valence-electron chi connectivity index (χ1n) is 20.3. The van der Waals surface area contributed by atoms with E-state index in [-0.39, 0.29) is 41.3 Å². The van der Waals surface area contributed by atoms with Crippen molar-refractivity contribution in [2.75, 3.05) is 13.2 Å². The van der Waals surface area contributed by atoms with Gasteiger partial charge >= 0.3 is 0 Å². The molecule has 0 amide bonds. The third kappa shape index (κ3) is 5.51. The van der Waals surface area contributed by atoms with Gasteiger partial charge in [-0.3, -0.25) is 0 Å². The number of hydrogen-bond donors (Lipinski definition) is 7. The number of aliphatic hydroxyl groups is 7. The van der Waals surface area contributed by atoms with Crippen molar-refractivity contribution in [2.45, 2.75) is 178 Å². The Morgan fingerprint density at radius 2 is 1.62 bits per heavy atom. The Morgan fingerprint density at radius 3 is 2.33 bits per heavy atom. The molecule has 3 aliphatic heterocycles. The van der Waals surface area contributed by atoms with Crippen molar-refractivity contribution >= 4 is 0 Å². The van der Waals surface area contributed by atoms with Crippen molar-refractivity contribution < 1.29 is 59.4 Å². The van der Waals surface area contributed by atoms with Gasteiger partial charge in [-0.2, -0.15) is 0 Å². The summed E-state index contributed by atoms with van der Waals surface area (Å²) in [4.78, 5) is 0. The molecule has 0 aromatic carbocycles. The number of allylic oxidation sites excluding steroid dienone is 1. The van der Waals surface area contributed by atoms with Gasteiger partial charge in [-0.15, -0.1) is 0 Å². The molecule has 1 spiro atoms. The molecule has 7 fully saturated rings. The van der Waals surface area contributed by atoms with Crippen LogP contribution in [-0.2, 0) is 23.7 Å². The van der Waals surface area contributed by atoms with Crippen LogP contribution in [0.15, 0.2) is 11.6 Å². The fourth-order valence-corrected chi connectivity index (χ4v) is 12.9. The molecule has 0 bridgehead atoms. The molecule has 0 radical (unpaired) electrons. The minimum absolute atomic E-state index is 0.0211. The van der Waals surface area contributed by atoms with E-state index in [1.165, 1.54) is 5.57 Å². The zero-order chi connectivity index (χ0) is 37.1. The Bertz CT molecular complexity index is 1350. The summed E-state index contributed by atoms with van der Waals surface area (Å²) in [5.74, 6) is 0.620. The van der Waals surface area contributed by atoms with Crippen molar-refractivity contribution in [3.8, 4) is 0 Å². The quantitative estimate of drug-likeness (QED) is 0.204. The lowest BCUT2D eigenvalue weighted by atomic mass is 9.46. The number of fused-ring (bicyclic) bond motifs is 7. The van der Waals surface area contributed by atoms with Gasteiger partial charge in [0, 0.05) is 17.8 Å². The molecule has 21 atom stereocenters. The highest BCUT2D eigenvalue weighted by atomic mass is 16.7. The summed E-state index contributed by atoms with van der Waals surface area (Å²) in [5, 5.41) is 76.1. The van der Waals surface area contributed by atoms with Crippen molar-refractivity contribution in [2.24, 2.45) is 46.3 Å². The van der Waals surface area contributed by atoms with Crippen LogP contribution in [0.25, 0.3) is 0 Å². The Balaban J connectivity index is 0.977. The topological polar surface area (TPSA) is 188 Å². The largest absolute Gasteiger partial charge is 0.394 e. The van der Waals surface area contributed by atoms with E-state index in [4.69, 9.17) is 23.7 Å². The highest BCUT2D eigenvalue weighted by Crippen LogP contribution is 2.72. The normalized spacial score (nSPS) is 58.9. The zero-order valence-corrected chi connectivity index (χ0v) is 31.5. The molecule has 0 aromatic rings. The maximum Gasteiger partial charge on any atom is 0.187 e. The van der Waals surface area contributed by atoms with Crippen LogP contribution in [0.5, 0.6) is 0 Å². The lowest BCUT2D eigenvalue weighted by Gasteiger charge is -2.60. The first kappa shape index (κ1) is 38.1. The van der Waals surface area contributed by atoms with Crippen molar-refractivity contribution in [1.29, 1.82) is 0 Å². The first-order chi connectivity index (χ1) is 24.6. The predicted molar refractivity (Wildman–Crippen MR) is 186 cm³/mol. The Labute approximate surface area is 307 Å². The zero-order valence-electron chi connectivity index (χ0n) is 31.5. The minimum atomic E-state index is -1.47. The number of rotatable bonds is 5. The van der Waals surface area contributed by atoms with E-state index in [0.29, 0.717) is 36.7 Å². The van der Waals surface area contributed by atoms with Crippen molar-refractivity contribution in [1.82, 2.24) is 0 Å². The van der Waals surface area contributed by atoms with E-state index in [1.54, 1.807) is 6.92 Å². The molecular formula is C40H64O12. The van der Waals surface area contributed by atoms with Crippen LogP contribution < -0.4 is 0 Å². The lowest BCUT2D eigenvalue weighted by Crippen LogP contribution is -2.63. The van der Waals surface area contributed by atoms with Gasteiger partial charge < -0.3 is 59.4 Å². The van der Waals surface area contributed by atoms with Crippen molar-refractivity contribution in [3.63, 3.8) is 0 Å². The van der Waals surface area contributed by atoms with Crippen LogP contribution in [-0.4, -0.2) is 128 Å². The Morgan fingerprint density at radius 1 is 0.846 bits per heavy atom. The second-order valence-electron chi connectivity index (χ2n) is 18.9. The van der Waals surface area contributed by atoms with E-state index in [2.05, 4.69) is 33.8 Å². The highest BCUT2D eigenvalue weighted by molar-refractivity contribution is 5.29. The van der Waals surface area contributed by atoms with Gasteiger partial charge in [0.1, 0.15) is 42.2 Å². The summed E-state index contributed by atoms with van der Waals surface area (Å²) in [7, 11) is 0. The number of ether oxygens (including phenoxy) is 5. The first-order valence-corrected chi connectivity index (χ1v) is 20.3. The van der Waals surface area contributed by atoms with Crippen LogP contribution in [0.1, 0.15) is 98.8 Å². The Kier molecular flexibility index (Phi) is 9.86. The van der Waals surface area contributed by atoms with Gasteiger partial charge in [0.15, 0.2) is 12.1 Å². The molecule has 296 valence electrons. The Hall–Kier alpha value is -0.740. The monoisotopic (exact) mass is 736 g/mol. The van der Waals surface area contributed by atoms with Crippen LogP contribution in [0.2, 0.25) is 0 Å². The average molecular weight is 737 g/mol. The summed E-state index contributed by atoms with van der Waals surface area (Å²) < 4.78 is 32.0. The minimum Gasteiger partial charge on any atom is -0.394 e. The lowest BCUT2D eigenvalue weighted by molar-refractivity contribution is -0.335. The average Bonchev–Trinajstić information content (AvgIpc) is 3.48. The molecule has 4 saturated carbocycles. The summed E-state index contributed by atoms with van der Waals surface area (Å²) in [5.41, 5.74) is 0.162. The van der Waals surface area contributed by atoms with E-state index >= 15 is 0 Å². The van der Waals surface area contributed by atoms with E-state index in [9.17, 15) is 35.7 Å². The van der Waals surface area contributed by atoms with Gasteiger partial charge in [0.2, 0.25) is 0 Å². The second kappa shape index (κ2) is 13.4. The molecule has 52 heavy (non-hydrogen) atoms. The fourth-order valence-electron chi connectivity index (χ4n) is 12.9. The molecular weight excluding hydrogens is 672 g/mol. The molecule has 7 N–H and O–H groups in total. The van der Waals surface area contributed by atoms with Crippen LogP contribution in [0.4, 0.5) is 0 Å². The van der Waals surface area contributed by atoms with Gasteiger partial charge in [-0.1, -0.05) is 46.3 Å². The maximum atomic E-state index is 12.7. The molecule has 5 aliphatic carbocycles. The van der Waals surface area contributed by atoms with Crippen molar-refractivity contribution in [3.05, 3.63) is 11.6 Å². The van der Waals surface area contributed by atoms with E-state index in [0.717, 1.165) is 51.4 Å². The molecule has 0 unspecified atom stereocenters. The molecule has 12 heteroatoms. The summed E-state index contributed by atoms with van der Waals surface area (Å²) in [6, 6.07) is 0. The van der Waals surface area contributed by atoms with Gasteiger partial charge in [-0.25, -0.2) is 0 Å². The second-order valence-corrected chi connectivity index (χ2v) is 18.9. The van der Waals surface area contributed by atoms with Crippen LogP contribution in [0, 0.1) is 46.3 Å². The summed E-state index contributed by atoms with van der Waals surface area (Å²) >= 11 is 0. The summed E-state index contributed by atoms with van der Waals surface area (Å²) in [6.45, 7) is 11.0. The molecule has 3 saturated heterocycles. The fraction of sp³-hybridized carbons (Fsp3) is 0.950.